The van der Waals surface area contributed by atoms with Crippen LogP contribution >= 0.6 is 0 Å². The second-order valence-electron chi connectivity index (χ2n) is 8.37. The third kappa shape index (κ3) is 3.10. The number of nitrogens with zero attached hydrogens (tertiary/aromatic N) is 3. The number of Topliss-reactive ketones (excluding diaryl/α,β-unsaturated/α-hetero) is 1. The van der Waals surface area contributed by atoms with Gasteiger partial charge in [-0.15, -0.1) is 0 Å². The predicted molar refractivity (Wildman–Crippen MR) is 112 cm³/mol. The number of carbonyl (C=O) groups excluding carboxylic acids is 1. The fraction of sp³-hybridized carbons (Fsp3) is 0.500. The molecule has 1 saturated heterocycles. The summed E-state index contributed by atoms with van der Waals surface area (Å²) >= 11 is 0. The minimum atomic E-state index is -1.35. The molecule has 0 aliphatic carbocycles. The molecule has 0 amide bonds. The summed E-state index contributed by atoms with van der Waals surface area (Å²) in [6, 6.07) is 1.24. The van der Waals surface area contributed by atoms with Crippen LogP contribution in [0.3, 0.4) is 0 Å². The Bertz CT molecular complexity index is 1100. The molecule has 7 nitrogen and oxygen atoms in total. The Morgan fingerprint density at radius 3 is 2.47 bits per heavy atom. The Kier molecular flexibility index (Phi) is 5.13. The van der Waals surface area contributed by atoms with Crippen molar-refractivity contribution in [2.75, 3.05) is 31.1 Å². The number of carboxylic acid groups (broad SMARTS) is 1. The van der Waals surface area contributed by atoms with Gasteiger partial charge in [0, 0.05) is 50.9 Å². The Morgan fingerprint density at radius 2 is 1.90 bits per heavy atom. The van der Waals surface area contributed by atoms with Crippen molar-refractivity contribution in [2.45, 2.75) is 45.7 Å². The van der Waals surface area contributed by atoms with E-state index in [4.69, 9.17) is 0 Å². The Balaban J connectivity index is 1.96. The molecule has 160 valence electrons. The normalized spacial score (nSPS) is 19.7. The number of benzene rings is 1. The molecule has 3 heterocycles. The van der Waals surface area contributed by atoms with Crippen LogP contribution in [0.15, 0.2) is 17.1 Å². The van der Waals surface area contributed by atoms with Crippen molar-refractivity contribution in [1.29, 1.82) is 0 Å². The first-order valence-corrected chi connectivity index (χ1v) is 10.4. The number of piperazine rings is 1. The lowest BCUT2D eigenvalue weighted by molar-refractivity contribution is 0.0694. The third-order valence-corrected chi connectivity index (χ3v) is 6.40. The highest BCUT2D eigenvalue weighted by Crippen LogP contribution is 2.39. The van der Waals surface area contributed by atoms with Crippen molar-refractivity contribution in [1.82, 2.24) is 9.47 Å². The zero-order valence-electron chi connectivity index (χ0n) is 17.4. The van der Waals surface area contributed by atoms with Crippen molar-refractivity contribution in [3.8, 4) is 0 Å². The van der Waals surface area contributed by atoms with Crippen LogP contribution in [0, 0.1) is 5.82 Å². The molecule has 1 aromatic carbocycles. The van der Waals surface area contributed by atoms with Crippen molar-refractivity contribution in [3.63, 3.8) is 0 Å². The van der Waals surface area contributed by atoms with Crippen LogP contribution in [-0.2, 0) is 0 Å². The number of ketones is 1. The second-order valence-corrected chi connectivity index (χ2v) is 8.37. The minimum Gasteiger partial charge on any atom is -0.477 e. The largest absolute Gasteiger partial charge is 0.477 e. The van der Waals surface area contributed by atoms with Crippen LogP contribution in [0.5, 0.6) is 0 Å². The zero-order chi connectivity index (χ0) is 21.7. The fourth-order valence-corrected chi connectivity index (χ4v) is 4.71. The van der Waals surface area contributed by atoms with Gasteiger partial charge in [-0.1, -0.05) is 6.92 Å². The van der Waals surface area contributed by atoms with Crippen molar-refractivity contribution >= 4 is 28.3 Å². The highest BCUT2D eigenvalue weighted by atomic mass is 19.1. The number of anilines is 1. The number of hydrogen-bond acceptors (Lipinski definition) is 5. The first kappa shape index (κ1) is 20.5. The number of carboxylic acids is 1. The summed E-state index contributed by atoms with van der Waals surface area (Å²) < 4.78 is 17.0. The van der Waals surface area contributed by atoms with E-state index in [0.717, 1.165) is 19.2 Å². The van der Waals surface area contributed by atoms with Crippen LogP contribution in [0.25, 0.3) is 10.9 Å². The summed E-state index contributed by atoms with van der Waals surface area (Å²) in [6.45, 7) is 8.80. The van der Waals surface area contributed by atoms with Gasteiger partial charge >= 0.3 is 5.97 Å². The number of aromatic nitrogens is 1. The molecule has 0 spiro atoms. The number of halogens is 1. The lowest BCUT2D eigenvalue weighted by Crippen LogP contribution is -2.49. The third-order valence-electron chi connectivity index (χ3n) is 6.40. The lowest BCUT2D eigenvalue weighted by atomic mass is 9.91. The smallest absolute Gasteiger partial charge is 0.341 e. The van der Waals surface area contributed by atoms with Crippen molar-refractivity contribution in [2.24, 2.45) is 0 Å². The summed E-state index contributed by atoms with van der Waals surface area (Å²) in [4.78, 5) is 41.7. The Labute approximate surface area is 173 Å². The van der Waals surface area contributed by atoms with Crippen LogP contribution in [0.1, 0.15) is 60.4 Å². The highest BCUT2D eigenvalue weighted by molar-refractivity contribution is 6.13. The summed E-state index contributed by atoms with van der Waals surface area (Å²) in [5.74, 6) is -2.20. The van der Waals surface area contributed by atoms with Gasteiger partial charge in [-0.3, -0.25) is 14.5 Å². The summed E-state index contributed by atoms with van der Waals surface area (Å²) in [5.41, 5.74) is -0.354. The maximum Gasteiger partial charge on any atom is 0.341 e. The van der Waals surface area contributed by atoms with E-state index < -0.39 is 22.8 Å². The zero-order valence-corrected chi connectivity index (χ0v) is 17.4. The van der Waals surface area contributed by atoms with Crippen LogP contribution in [0.2, 0.25) is 0 Å². The van der Waals surface area contributed by atoms with E-state index in [1.54, 1.807) is 4.57 Å². The van der Waals surface area contributed by atoms with Gasteiger partial charge in [0.05, 0.1) is 22.2 Å². The van der Waals surface area contributed by atoms with Gasteiger partial charge in [0.2, 0.25) is 5.43 Å². The van der Waals surface area contributed by atoms with Gasteiger partial charge < -0.3 is 14.6 Å². The Hall–Kier alpha value is -2.74. The molecule has 1 N–H and O–H groups in total. The molecule has 1 fully saturated rings. The molecule has 4 rings (SSSR count). The average Bonchev–Trinajstić information content (AvgIpc) is 2.71. The number of carbonyl (C=O) groups is 2. The molecule has 1 aromatic heterocycles. The average molecular weight is 415 g/mol. The Morgan fingerprint density at radius 1 is 1.23 bits per heavy atom. The summed E-state index contributed by atoms with van der Waals surface area (Å²) in [5, 5.41) is 9.41. The number of pyridine rings is 1. The summed E-state index contributed by atoms with van der Waals surface area (Å²) in [7, 11) is 0. The quantitative estimate of drug-likeness (QED) is 0.827. The SMILES string of the molecule is CCC1CC(=O)c2c(N3CCN(C(C)C)CC3)c(F)cc3c(=O)c(C(=O)O)cn1c23. The van der Waals surface area contributed by atoms with Crippen molar-refractivity contribution in [3.05, 3.63) is 39.4 Å². The summed E-state index contributed by atoms with van der Waals surface area (Å²) in [6.07, 6.45) is 2.07. The number of aromatic carboxylic acids is 1. The first-order valence-electron chi connectivity index (χ1n) is 10.4. The maximum atomic E-state index is 15.3. The molecular weight excluding hydrogens is 389 g/mol. The van der Waals surface area contributed by atoms with Crippen LogP contribution in [-0.4, -0.2) is 58.5 Å². The van der Waals surface area contributed by atoms with E-state index >= 15 is 4.39 Å². The van der Waals surface area contributed by atoms with Gasteiger partial charge in [0.25, 0.3) is 0 Å². The molecule has 0 saturated carbocycles. The van der Waals surface area contributed by atoms with E-state index in [1.165, 1.54) is 6.20 Å². The standard InChI is InChI=1S/C22H26FN3O4/c1-4-13-9-17(27)18-19-14(21(28)15(22(29)30)11-26(13)19)10-16(23)20(18)25-7-5-24(6-8-25)12(2)3/h10-13H,4-9H2,1-3H3,(H,29,30). The van der Waals surface area contributed by atoms with E-state index in [2.05, 4.69) is 18.7 Å². The van der Waals surface area contributed by atoms with E-state index in [1.807, 2.05) is 11.8 Å². The van der Waals surface area contributed by atoms with Gasteiger partial charge in [0.15, 0.2) is 5.78 Å². The molecule has 2 aliphatic heterocycles. The topological polar surface area (TPSA) is 82.8 Å². The van der Waals surface area contributed by atoms with Crippen molar-refractivity contribution < 1.29 is 19.1 Å². The van der Waals surface area contributed by atoms with Gasteiger partial charge in [-0.2, -0.15) is 0 Å². The fourth-order valence-electron chi connectivity index (χ4n) is 4.71. The lowest BCUT2D eigenvalue weighted by Gasteiger charge is -2.39. The molecule has 2 aliphatic rings. The maximum absolute atomic E-state index is 15.3. The molecule has 0 bridgehead atoms. The first-order chi connectivity index (χ1) is 14.2. The number of hydrogen-bond donors (Lipinski definition) is 1. The van der Waals surface area contributed by atoms with Gasteiger partial charge in [-0.05, 0) is 26.3 Å². The molecule has 30 heavy (non-hydrogen) atoms. The molecule has 0 radical (unpaired) electrons. The predicted octanol–water partition coefficient (Wildman–Crippen LogP) is 2.91. The van der Waals surface area contributed by atoms with E-state index in [-0.39, 0.29) is 34.9 Å². The minimum absolute atomic E-state index is 0.0431. The van der Waals surface area contributed by atoms with Gasteiger partial charge in [-0.25, -0.2) is 9.18 Å². The monoisotopic (exact) mass is 415 g/mol. The number of rotatable bonds is 4. The molecule has 1 unspecified atom stereocenters. The van der Waals surface area contributed by atoms with E-state index in [9.17, 15) is 19.5 Å². The highest BCUT2D eigenvalue weighted by Gasteiger charge is 2.34. The van der Waals surface area contributed by atoms with Gasteiger partial charge in [0.1, 0.15) is 11.4 Å². The van der Waals surface area contributed by atoms with E-state index in [0.29, 0.717) is 31.1 Å². The van der Waals surface area contributed by atoms with Crippen LogP contribution in [0.4, 0.5) is 10.1 Å². The molecule has 2 aromatic rings. The second kappa shape index (κ2) is 7.50. The molecule has 8 heteroatoms. The van der Waals surface area contributed by atoms with Crippen LogP contribution < -0.4 is 10.3 Å². The molecular formula is C22H26FN3O4. The molecule has 1 atom stereocenters.